The minimum Gasteiger partial charge on any atom is -0.469 e. The smallest absolute Gasteiger partial charge is 0.313 e. The van der Waals surface area contributed by atoms with E-state index in [0.717, 1.165) is 18.8 Å². The van der Waals surface area contributed by atoms with Gasteiger partial charge in [0.1, 0.15) is 12.2 Å². The highest BCUT2D eigenvalue weighted by molar-refractivity contribution is 5.95. The first kappa shape index (κ1) is 12.2. The lowest BCUT2D eigenvalue weighted by Gasteiger charge is -2.07. The van der Waals surface area contributed by atoms with Crippen LogP contribution in [0.2, 0.25) is 0 Å². The summed E-state index contributed by atoms with van der Waals surface area (Å²) in [5, 5.41) is 0. The maximum absolute atomic E-state index is 11.3. The molecule has 1 rings (SSSR count). The molecule has 0 radical (unpaired) electrons. The number of methoxy groups -OCH3 is 1. The predicted octanol–water partition coefficient (Wildman–Crippen LogP) is 2.48. The van der Waals surface area contributed by atoms with Crippen molar-refractivity contribution in [2.75, 3.05) is 7.11 Å². The summed E-state index contributed by atoms with van der Waals surface area (Å²) in [7, 11) is 1.31. The lowest BCUT2D eigenvalue weighted by atomic mass is 9.99. The fraction of sp³-hybridized carbons (Fsp3) is 0.833. The minimum absolute atomic E-state index is 0.0137. The molecule has 1 aliphatic rings. The summed E-state index contributed by atoms with van der Waals surface area (Å²) >= 11 is 0. The number of Topliss-reactive ketones (excluding diaryl/α,β-unsaturated/α-hetero) is 1. The second-order valence-corrected chi connectivity index (χ2v) is 4.33. The molecule has 86 valence electrons. The molecule has 1 saturated carbocycles. The zero-order valence-corrected chi connectivity index (χ0v) is 9.46. The molecule has 0 spiro atoms. The molecule has 0 saturated heterocycles. The Balaban J connectivity index is 2.03. The van der Waals surface area contributed by atoms with Gasteiger partial charge in [0, 0.05) is 6.42 Å². The van der Waals surface area contributed by atoms with Gasteiger partial charge in [0.2, 0.25) is 0 Å². The highest BCUT2D eigenvalue weighted by Gasteiger charge is 2.15. The number of rotatable bonds is 6. The van der Waals surface area contributed by atoms with Crippen LogP contribution >= 0.6 is 0 Å². The quantitative estimate of drug-likeness (QED) is 0.502. The molecule has 0 atom stereocenters. The van der Waals surface area contributed by atoms with Crippen molar-refractivity contribution in [3.05, 3.63) is 0 Å². The maximum atomic E-state index is 11.3. The third-order valence-electron chi connectivity index (χ3n) is 3.11. The Labute approximate surface area is 91.2 Å². The van der Waals surface area contributed by atoms with Crippen molar-refractivity contribution in [3.63, 3.8) is 0 Å². The number of carbonyl (C=O) groups is 2. The molecule has 1 aliphatic carbocycles. The SMILES string of the molecule is COC(=O)CC(=O)CCCC1CCCC1. The van der Waals surface area contributed by atoms with Gasteiger partial charge in [0.25, 0.3) is 0 Å². The van der Waals surface area contributed by atoms with E-state index in [1.807, 2.05) is 0 Å². The van der Waals surface area contributed by atoms with Gasteiger partial charge >= 0.3 is 5.97 Å². The monoisotopic (exact) mass is 212 g/mol. The number of carbonyl (C=O) groups excluding carboxylic acids is 2. The Morgan fingerprint density at radius 2 is 1.93 bits per heavy atom. The van der Waals surface area contributed by atoms with Gasteiger partial charge in [-0.3, -0.25) is 9.59 Å². The summed E-state index contributed by atoms with van der Waals surface area (Å²) in [5.74, 6) is 0.427. The van der Waals surface area contributed by atoms with E-state index in [9.17, 15) is 9.59 Å². The molecule has 15 heavy (non-hydrogen) atoms. The maximum Gasteiger partial charge on any atom is 0.313 e. The summed E-state index contributed by atoms with van der Waals surface area (Å²) in [4.78, 5) is 22.1. The summed E-state index contributed by atoms with van der Waals surface area (Å²) < 4.78 is 4.44. The predicted molar refractivity (Wildman–Crippen MR) is 57.4 cm³/mol. The molecule has 0 N–H and O–H groups in total. The van der Waals surface area contributed by atoms with Crippen LogP contribution in [0.4, 0.5) is 0 Å². The minimum atomic E-state index is -0.416. The van der Waals surface area contributed by atoms with Gasteiger partial charge in [-0.15, -0.1) is 0 Å². The van der Waals surface area contributed by atoms with Crippen LogP contribution in [-0.4, -0.2) is 18.9 Å². The normalized spacial score (nSPS) is 16.6. The van der Waals surface area contributed by atoms with E-state index >= 15 is 0 Å². The second-order valence-electron chi connectivity index (χ2n) is 4.33. The Morgan fingerprint density at radius 3 is 2.53 bits per heavy atom. The second kappa shape index (κ2) is 6.59. The summed E-state index contributed by atoms with van der Waals surface area (Å²) in [5.41, 5.74) is 0. The number of ether oxygens (including phenoxy) is 1. The number of hydrogen-bond donors (Lipinski definition) is 0. The zero-order valence-electron chi connectivity index (χ0n) is 9.46. The molecule has 0 aromatic heterocycles. The van der Waals surface area contributed by atoms with E-state index in [1.165, 1.54) is 32.8 Å². The Bertz CT molecular complexity index is 217. The van der Waals surface area contributed by atoms with Crippen LogP contribution < -0.4 is 0 Å². The molecule has 0 aromatic rings. The standard InChI is InChI=1S/C12H20O3/c1-15-12(14)9-11(13)8-4-7-10-5-2-3-6-10/h10H,2-9H2,1H3. The number of ketones is 1. The van der Waals surface area contributed by atoms with Crippen molar-refractivity contribution in [1.82, 2.24) is 0 Å². The van der Waals surface area contributed by atoms with E-state index < -0.39 is 5.97 Å². The highest BCUT2D eigenvalue weighted by atomic mass is 16.5. The van der Waals surface area contributed by atoms with Crippen LogP contribution in [-0.2, 0) is 14.3 Å². The molecular formula is C12H20O3. The van der Waals surface area contributed by atoms with Gasteiger partial charge < -0.3 is 4.74 Å². The molecular weight excluding hydrogens is 192 g/mol. The van der Waals surface area contributed by atoms with Crippen LogP contribution in [0.5, 0.6) is 0 Å². The first-order valence-electron chi connectivity index (χ1n) is 5.81. The summed E-state index contributed by atoms with van der Waals surface area (Å²) in [6, 6.07) is 0. The molecule has 1 fully saturated rings. The van der Waals surface area contributed by atoms with E-state index in [0.29, 0.717) is 6.42 Å². The molecule has 0 unspecified atom stereocenters. The first-order chi connectivity index (χ1) is 7.22. The molecule has 3 nitrogen and oxygen atoms in total. The average Bonchev–Trinajstić information content (AvgIpc) is 2.70. The van der Waals surface area contributed by atoms with E-state index in [-0.39, 0.29) is 12.2 Å². The molecule has 0 bridgehead atoms. The largest absolute Gasteiger partial charge is 0.469 e. The number of esters is 1. The van der Waals surface area contributed by atoms with Gasteiger partial charge in [-0.25, -0.2) is 0 Å². The molecule has 0 amide bonds. The van der Waals surface area contributed by atoms with Crippen molar-refractivity contribution in [2.24, 2.45) is 5.92 Å². The molecule has 0 aromatic carbocycles. The first-order valence-corrected chi connectivity index (χ1v) is 5.81. The van der Waals surface area contributed by atoms with Crippen molar-refractivity contribution in [2.45, 2.75) is 51.4 Å². The van der Waals surface area contributed by atoms with Gasteiger partial charge in [-0.2, -0.15) is 0 Å². The lowest BCUT2D eigenvalue weighted by Crippen LogP contribution is -2.09. The van der Waals surface area contributed by atoms with Crippen molar-refractivity contribution >= 4 is 11.8 Å². The van der Waals surface area contributed by atoms with E-state index in [2.05, 4.69) is 4.74 Å². The third-order valence-corrected chi connectivity index (χ3v) is 3.11. The highest BCUT2D eigenvalue weighted by Crippen LogP contribution is 2.28. The topological polar surface area (TPSA) is 43.4 Å². The third kappa shape index (κ3) is 4.96. The van der Waals surface area contributed by atoms with E-state index in [1.54, 1.807) is 0 Å². The molecule has 0 heterocycles. The van der Waals surface area contributed by atoms with Gasteiger partial charge in [-0.05, 0) is 12.3 Å². The van der Waals surface area contributed by atoms with Crippen LogP contribution in [0.25, 0.3) is 0 Å². The Kier molecular flexibility index (Phi) is 5.37. The zero-order chi connectivity index (χ0) is 11.1. The van der Waals surface area contributed by atoms with Crippen LogP contribution in [0, 0.1) is 5.92 Å². The van der Waals surface area contributed by atoms with Crippen LogP contribution in [0.15, 0.2) is 0 Å². The van der Waals surface area contributed by atoms with E-state index in [4.69, 9.17) is 0 Å². The molecule has 3 heteroatoms. The van der Waals surface area contributed by atoms with Gasteiger partial charge in [0.15, 0.2) is 0 Å². The fourth-order valence-electron chi connectivity index (χ4n) is 2.21. The van der Waals surface area contributed by atoms with Gasteiger partial charge in [-0.1, -0.05) is 32.1 Å². The average molecular weight is 212 g/mol. The Morgan fingerprint density at radius 1 is 1.27 bits per heavy atom. The van der Waals surface area contributed by atoms with Crippen molar-refractivity contribution in [3.8, 4) is 0 Å². The summed E-state index contributed by atoms with van der Waals surface area (Å²) in [6.45, 7) is 0. The van der Waals surface area contributed by atoms with Crippen molar-refractivity contribution in [1.29, 1.82) is 0 Å². The van der Waals surface area contributed by atoms with Crippen LogP contribution in [0.1, 0.15) is 51.4 Å². The van der Waals surface area contributed by atoms with Crippen molar-refractivity contribution < 1.29 is 14.3 Å². The summed E-state index contributed by atoms with van der Waals surface area (Å²) in [6.07, 6.45) is 7.90. The van der Waals surface area contributed by atoms with Crippen LogP contribution in [0.3, 0.4) is 0 Å². The fourth-order valence-corrected chi connectivity index (χ4v) is 2.21. The molecule has 0 aliphatic heterocycles. The lowest BCUT2D eigenvalue weighted by molar-refractivity contribution is -0.143. The Hall–Kier alpha value is -0.860. The number of hydrogen-bond acceptors (Lipinski definition) is 3. The van der Waals surface area contributed by atoms with Gasteiger partial charge in [0.05, 0.1) is 7.11 Å².